The van der Waals surface area contributed by atoms with Gasteiger partial charge in [0, 0.05) is 0 Å². The number of esters is 1. The summed E-state index contributed by atoms with van der Waals surface area (Å²) in [4.78, 5) is 27.0. The van der Waals surface area contributed by atoms with Gasteiger partial charge in [-0.05, 0) is 13.3 Å². The van der Waals surface area contributed by atoms with Gasteiger partial charge in [0.2, 0.25) is 0 Å². The van der Waals surface area contributed by atoms with Gasteiger partial charge >= 0.3 is 5.97 Å². The lowest BCUT2D eigenvalue weighted by atomic mass is 10.1. The lowest BCUT2D eigenvalue weighted by molar-refractivity contribution is -0.143. The number of aromatic nitrogens is 1. The van der Waals surface area contributed by atoms with Crippen molar-refractivity contribution in [2.45, 2.75) is 32.7 Å². The Morgan fingerprint density at radius 3 is 2.76 bits per heavy atom. The summed E-state index contributed by atoms with van der Waals surface area (Å²) < 4.78 is 9.54. The van der Waals surface area contributed by atoms with E-state index >= 15 is 0 Å². The zero-order valence-electron chi connectivity index (χ0n) is 10.1. The smallest absolute Gasteiger partial charge is 0.328 e. The van der Waals surface area contributed by atoms with Crippen molar-refractivity contribution in [2.24, 2.45) is 0 Å². The Labute approximate surface area is 99.4 Å². The highest BCUT2D eigenvalue weighted by Crippen LogP contribution is 2.06. The molecular weight excluding hydrogens is 224 g/mol. The predicted molar refractivity (Wildman–Crippen MR) is 59.4 cm³/mol. The Bertz CT molecular complexity index is 400. The second-order valence-corrected chi connectivity index (χ2v) is 3.60. The minimum Gasteiger partial charge on any atom is -0.467 e. The highest BCUT2D eigenvalue weighted by Gasteiger charge is 2.23. The third kappa shape index (κ3) is 3.30. The van der Waals surface area contributed by atoms with Crippen molar-refractivity contribution in [3.8, 4) is 0 Å². The molecule has 6 nitrogen and oxygen atoms in total. The SMILES string of the molecule is CCCC(NC(=O)c1ncoc1C)C(=O)OC. The summed E-state index contributed by atoms with van der Waals surface area (Å²) in [6.07, 6.45) is 2.48. The van der Waals surface area contributed by atoms with Crippen molar-refractivity contribution < 1.29 is 18.7 Å². The number of oxazole rings is 1. The van der Waals surface area contributed by atoms with Crippen molar-refractivity contribution in [2.75, 3.05) is 7.11 Å². The fourth-order valence-corrected chi connectivity index (χ4v) is 1.43. The molecule has 94 valence electrons. The maximum atomic E-state index is 11.8. The minimum atomic E-state index is -0.645. The highest BCUT2D eigenvalue weighted by atomic mass is 16.5. The first-order valence-corrected chi connectivity index (χ1v) is 5.38. The van der Waals surface area contributed by atoms with Crippen LogP contribution in [0.5, 0.6) is 0 Å². The van der Waals surface area contributed by atoms with Gasteiger partial charge in [0.05, 0.1) is 7.11 Å². The van der Waals surface area contributed by atoms with Crippen LogP contribution < -0.4 is 5.32 Å². The molecule has 0 fully saturated rings. The molecule has 1 aromatic heterocycles. The number of aryl methyl sites for hydroxylation is 1. The van der Waals surface area contributed by atoms with Crippen molar-refractivity contribution >= 4 is 11.9 Å². The highest BCUT2D eigenvalue weighted by molar-refractivity contribution is 5.95. The van der Waals surface area contributed by atoms with Crippen molar-refractivity contribution in [1.82, 2.24) is 10.3 Å². The first-order valence-electron chi connectivity index (χ1n) is 5.38. The molecule has 1 N–H and O–H groups in total. The van der Waals surface area contributed by atoms with Gasteiger partial charge in [-0.15, -0.1) is 0 Å². The maximum absolute atomic E-state index is 11.8. The number of methoxy groups -OCH3 is 1. The zero-order valence-corrected chi connectivity index (χ0v) is 10.1. The predicted octanol–water partition coefficient (Wildman–Crippen LogP) is 1.05. The standard InChI is InChI=1S/C11H16N2O4/c1-4-5-8(11(15)16-3)13-10(14)9-7(2)17-6-12-9/h6,8H,4-5H2,1-3H3,(H,13,14). The van der Waals surface area contributed by atoms with Gasteiger partial charge in [-0.25, -0.2) is 9.78 Å². The Morgan fingerprint density at radius 2 is 2.29 bits per heavy atom. The minimum absolute atomic E-state index is 0.190. The van der Waals surface area contributed by atoms with Crippen molar-refractivity contribution in [1.29, 1.82) is 0 Å². The van der Waals surface area contributed by atoms with Gasteiger partial charge < -0.3 is 14.5 Å². The second-order valence-electron chi connectivity index (χ2n) is 3.60. The van der Waals surface area contributed by atoms with E-state index in [0.29, 0.717) is 12.2 Å². The van der Waals surface area contributed by atoms with Crippen LogP contribution in [0.1, 0.15) is 36.0 Å². The van der Waals surface area contributed by atoms with E-state index in [-0.39, 0.29) is 5.69 Å². The summed E-state index contributed by atoms with van der Waals surface area (Å²) in [5.74, 6) is -0.468. The number of ether oxygens (including phenoxy) is 1. The van der Waals surface area contributed by atoms with E-state index in [0.717, 1.165) is 6.42 Å². The molecule has 1 atom stereocenters. The average molecular weight is 240 g/mol. The molecule has 17 heavy (non-hydrogen) atoms. The summed E-state index contributed by atoms with van der Waals surface area (Å²) >= 11 is 0. The summed E-state index contributed by atoms with van der Waals surface area (Å²) in [7, 11) is 1.29. The summed E-state index contributed by atoms with van der Waals surface area (Å²) in [5, 5.41) is 2.58. The molecule has 0 aromatic carbocycles. The Kier molecular flexibility index (Phi) is 4.68. The van der Waals surface area contributed by atoms with Gasteiger partial charge in [-0.2, -0.15) is 0 Å². The number of nitrogens with one attached hydrogen (secondary N) is 1. The summed E-state index contributed by atoms with van der Waals surface area (Å²) in [5.41, 5.74) is 0.190. The van der Waals surface area contributed by atoms with Gasteiger partial charge in [-0.3, -0.25) is 4.79 Å². The van der Waals surface area contributed by atoms with E-state index in [2.05, 4.69) is 15.0 Å². The van der Waals surface area contributed by atoms with Crippen LogP contribution in [0.3, 0.4) is 0 Å². The lowest BCUT2D eigenvalue weighted by Gasteiger charge is -2.14. The number of nitrogens with zero attached hydrogens (tertiary/aromatic N) is 1. The molecule has 1 heterocycles. The van der Waals surface area contributed by atoms with Crippen LogP contribution in [-0.4, -0.2) is 30.0 Å². The van der Waals surface area contributed by atoms with Gasteiger partial charge in [0.15, 0.2) is 12.1 Å². The molecule has 0 radical (unpaired) electrons. The monoisotopic (exact) mass is 240 g/mol. The van der Waals surface area contributed by atoms with Crippen LogP contribution in [0.2, 0.25) is 0 Å². The molecule has 1 aromatic rings. The number of hydrogen-bond donors (Lipinski definition) is 1. The van der Waals surface area contributed by atoms with Gasteiger partial charge in [0.25, 0.3) is 5.91 Å². The molecule has 0 spiro atoms. The van der Waals surface area contributed by atoms with E-state index in [9.17, 15) is 9.59 Å². The van der Waals surface area contributed by atoms with Gasteiger partial charge in [0.1, 0.15) is 11.8 Å². The number of rotatable bonds is 5. The molecule has 6 heteroatoms. The van der Waals surface area contributed by atoms with E-state index < -0.39 is 17.9 Å². The Hall–Kier alpha value is -1.85. The average Bonchev–Trinajstić information content (AvgIpc) is 2.73. The van der Waals surface area contributed by atoms with Crippen LogP contribution in [0.15, 0.2) is 10.8 Å². The van der Waals surface area contributed by atoms with Crippen molar-refractivity contribution in [3.05, 3.63) is 17.8 Å². The van der Waals surface area contributed by atoms with Gasteiger partial charge in [-0.1, -0.05) is 13.3 Å². The maximum Gasteiger partial charge on any atom is 0.328 e. The molecule has 1 rings (SSSR count). The normalized spacial score (nSPS) is 11.9. The molecule has 0 saturated heterocycles. The summed E-state index contributed by atoms with van der Waals surface area (Å²) in [6, 6.07) is -0.645. The molecule has 0 bridgehead atoms. The van der Waals surface area contributed by atoms with E-state index in [4.69, 9.17) is 4.42 Å². The van der Waals surface area contributed by atoms with E-state index in [1.165, 1.54) is 13.5 Å². The van der Waals surface area contributed by atoms with Crippen LogP contribution in [0, 0.1) is 6.92 Å². The van der Waals surface area contributed by atoms with Crippen LogP contribution >= 0.6 is 0 Å². The molecule has 0 aliphatic carbocycles. The molecule has 1 unspecified atom stereocenters. The number of hydrogen-bond acceptors (Lipinski definition) is 5. The van der Waals surface area contributed by atoms with Crippen LogP contribution in [-0.2, 0) is 9.53 Å². The second kappa shape index (κ2) is 6.03. The fourth-order valence-electron chi connectivity index (χ4n) is 1.43. The molecule has 0 aliphatic rings. The third-order valence-corrected chi connectivity index (χ3v) is 2.33. The first kappa shape index (κ1) is 13.2. The van der Waals surface area contributed by atoms with Crippen LogP contribution in [0.4, 0.5) is 0 Å². The largest absolute Gasteiger partial charge is 0.467 e. The van der Waals surface area contributed by atoms with Crippen LogP contribution in [0.25, 0.3) is 0 Å². The Morgan fingerprint density at radius 1 is 1.59 bits per heavy atom. The molecule has 1 amide bonds. The quantitative estimate of drug-likeness (QED) is 0.778. The topological polar surface area (TPSA) is 81.4 Å². The molecular formula is C11H16N2O4. The summed E-state index contributed by atoms with van der Waals surface area (Å²) in [6.45, 7) is 3.55. The number of amides is 1. The lowest BCUT2D eigenvalue weighted by Crippen LogP contribution is -2.41. The molecule has 0 saturated carbocycles. The van der Waals surface area contributed by atoms with Crippen molar-refractivity contribution in [3.63, 3.8) is 0 Å². The van der Waals surface area contributed by atoms with E-state index in [1.54, 1.807) is 6.92 Å². The Balaban J connectivity index is 2.71. The first-order chi connectivity index (χ1) is 8.10. The third-order valence-electron chi connectivity index (χ3n) is 2.33. The zero-order chi connectivity index (χ0) is 12.8. The number of carbonyl (C=O) groups excluding carboxylic acids is 2. The molecule has 0 aliphatic heterocycles. The number of carbonyl (C=O) groups is 2. The fraction of sp³-hybridized carbons (Fsp3) is 0.545. The van der Waals surface area contributed by atoms with E-state index in [1.807, 2.05) is 6.92 Å².